The molecule has 0 spiro atoms. The summed E-state index contributed by atoms with van der Waals surface area (Å²) in [6, 6.07) is 5.22. The standard InChI is InChI=1S/C20H23N3O4S/c1-11-9-21-16(12(2)17(11)27-5)10-28(26)19-22-14-7-6-13(8-15(14)23-19)20(3,4)18(24)25/h6-9H,10H2,1-5H3,(H,22,23)(H,24,25). The number of aromatic nitrogens is 3. The van der Waals surface area contributed by atoms with E-state index in [4.69, 9.17) is 4.74 Å². The number of imidazole rings is 1. The van der Waals surface area contributed by atoms with Crippen molar-refractivity contribution in [2.45, 2.75) is 44.0 Å². The van der Waals surface area contributed by atoms with Crippen molar-refractivity contribution in [1.29, 1.82) is 0 Å². The number of hydrogen-bond donors (Lipinski definition) is 2. The number of nitrogens with zero attached hydrogens (tertiary/aromatic N) is 2. The Labute approximate surface area is 165 Å². The number of aromatic amines is 1. The Kier molecular flexibility index (Phi) is 5.25. The van der Waals surface area contributed by atoms with E-state index in [9.17, 15) is 14.1 Å². The minimum absolute atomic E-state index is 0.204. The molecule has 0 saturated heterocycles. The number of methoxy groups -OCH3 is 1. The maximum Gasteiger partial charge on any atom is 0.313 e. The lowest BCUT2D eigenvalue weighted by atomic mass is 9.85. The minimum Gasteiger partial charge on any atom is -0.496 e. The Morgan fingerprint density at radius 1 is 1.32 bits per heavy atom. The second-order valence-electron chi connectivity index (χ2n) is 7.24. The van der Waals surface area contributed by atoms with Gasteiger partial charge in [0.15, 0.2) is 5.16 Å². The predicted octanol–water partition coefficient (Wildman–Crippen LogP) is 3.25. The van der Waals surface area contributed by atoms with Gasteiger partial charge in [-0.15, -0.1) is 0 Å². The molecule has 2 N–H and O–H groups in total. The summed E-state index contributed by atoms with van der Waals surface area (Å²) in [5, 5.41) is 9.76. The topological polar surface area (TPSA) is 105 Å². The van der Waals surface area contributed by atoms with Crippen LogP contribution in [0.4, 0.5) is 0 Å². The van der Waals surface area contributed by atoms with Crippen LogP contribution in [0.3, 0.4) is 0 Å². The molecule has 0 aliphatic rings. The molecule has 0 saturated carbocycles. The van der Waals surface area contributed by atoms with Gasteiger partial charge in [0, 0.05) is 17.3 Å². The number of hydrogen-bond acceptors (Lipinski definition) is 5. The summed E-state index contributed by atoms with van der Waals surface area (Å²) in [4.78, 5) is 23.4. The molecule has 0 bridgehead atoms. The highest BCUT2D eigenvalue weighted by Crippen LogP contribution is 2.28. The second kappa shape index (κ2) is 7.35. The van der Waals surface area contributed by atoms with E-state index in [0.29, 0.717) is 27.4 Å². The zero-order valence-corrected chi connectivity index (χ0v) is 17.3. The summed E-state index contributed by atoms with van der Waals surface area (Å²) < 4.78 is 18.3. The van der Waals surface area contributed by atoms with Gasteiger partial charge in [0.05, 0.1) is 45.8 Å². The molecule has 0 aliphatic heterocycles. The lowest BCUT2D eigenvalue weighted by molar-refractivity contribution is -0.142. The van der Waals surface area contributed by atoms with E-state index in [-0.39, 0.29) is 5.75 Å². The summed E-state index contributed by atoms with van der Waals surface area (Å²) in [5.74, 6) is 0.0349. The van der Waals surface area contributed by atoms with Crippen molar-refractivity contribution < 1.29 is 18.8 Å². The minimum atomic E-state index is -1.43. The second-order valence-corrected chi connectivity index (χ2v) is 8.61. The molecule has 2 aromatic heterocycles. The van der Waals surface area contributed by atoms with Gasteiger partial charge in [-0.05, 0) is 45.4 Å². The Morgan fingerprint density at radius 3 is 2.68 bits per heavy atom. The van der Waals surface area contributed by atoms with Crippen LogP contribution in [0.1, 0.15) is 36.2 Å². The number of nitrogens with one attached hydrogen (secondary N) is 1. The van der Waals surface area contributed by atoms with Crippen LogP contribution < -0.4 is 4.74 Å². The summed E-state index contributed by atoms with van der Waals surface area (Å²) in [7, 11) is 0.171. The van der Waals surface area contributed by atoms with Gasteiger partial charge in [-0.3, -0.25) is 14.0 Å². The van der Waals surface area contributed by atoms with Gasteiger partial charge >= 0.3 is 5.97 Å². The van der Waals surface area contributed by atoms with E-state index in [0.717, 1.165) is 16.9 Å². The summed E-state index contributed by atoms with van der Waals surface area (Å²) in [6.07, 6.45) is 1.71. The van der Waals surface area contributed by atoms with Crippen LogP contribution in [0.15, 0.2) is 29.6 Å². The normalized spacial score (nSPS) is 12.9. The maximum absolute atomic E-state index is 12.9. The Hall–Kier alpha value is -2.74. The van der Waals surface area contributed by atoms with Gasteiger partial charge in [0.2, 0.25) is 0 Å². The highest BCUT2D eigenvalue weighted by atomic mass is 32.2. The summed E-state index contributed by atoms with van der Waals surface area (Å²) >= 11 is 0. The number of H-pyrrole nitrogens is 1. The molecule has 7 nitrogen and oxygen atoms in total. The zero-order valence-electron chi connectivity index (χ0n) is 16.5. The van der Waals surface area contributed by atoms with E-state index in [2.05, 4.69) is 15.0 Å². The molecular formula is C20H23N3O4S. The molecule has 0 amide bonds. The molecule has 148 valence electrons. The molecule has 1 atom stereocenters. The lowest BCUT2D eigenvalue weighted by Crippen LogP contribution is -2.28. The van der Waals surface area contributed by atoms with Crippen molar-refractivity contribution in [2.75, 3.05) is 7.11 Å². The molecule has 1 aromatic carbocycles. The Bertz CT molecular complexity index is 1090. The number of pyridine rings is 1. The SMILES string of the molecule is COc1c(C)cnc(CS(=O)c2nc3ccc(C(C)(C)C(=O)O)cc3[nH]2)c1C. The zero-order chi connectivity index (χ0) is 20.6. The first kappa shape index (κ1) is 20.0. The van der Waals surface area contributed by atoms with Crippen LogP contribution in [0.2, 0.25) is 0 Å². The lowest BCUT2D eigenvalue weighted by Gasteiger charge is -2.19. The van der Waals surface area contributed by atoms with E-state index in [1.165, 1.54) is 0 Å². The van der Waals surface area contributed by atoms with Crippen LogP contribution in [-0.4, -0.2) is 37.3 Å². The smallest absolute Gasteiger partial charge is 0.313 e. The monoisotopic (exact) mass is 401 g/mol. The average molecular weight is 401 g/mol. The quantitative estimate of drug-likeness (QED) is 0.657. The molecule has 0 fully saturated rings. The van der Waals surface area contributed by atoms with Gasteiger partial charge in [0.1, 0.15) is 5.75 Å². The van der Waals surface area contributed by atoms with Gasteiger partial charge < -0.3 is 14.8 Å². The number of carbonyl (C=O) groups is 1. The molecule has 28 heavy (non-hydrogen) atoms. The fraction of sp³-hybridized carbons (Fsp3) is 0.350. The van der Waals surface area contributed by atoms with E-state index < -0.39 is 22.2 Å². The van der Waals surface area contributed by atoms with Crippen LogP contribution >= 0.6 is 0 Å². The van der Waals surface area contributed by atoms with E-state index in [1.807, 2.05) is 13.8 Å². The number of fused-ring (bicyclic) bond motifs is 1. The molecule has 3 aromatic rings. The van der Waals surface area contributed by atoms with Gasteiger partial charge in [0.25, 0.3) is 0 Å². The van der Waals surface area contributed by atoms with Crippen molar-refractivity contribution in [3.63, 3.8) is 0 Å². The molecule has 0 radical (unpaired) electrons. The number of rotatable bonds is 6. The molecule has 0 aliphatic carbocycles. The van der Waals surface area contributed by atoms with E-state index >= 15 is 0 Å². The molecule has 3 rings (SSSR count). The average Bonchev–Trinajstić information content (AvgIpc) is 3.07. The maximum atomic E-state index is 12.9. The highest BCUT2D eigenvalue weighted by molar-refractivity contribution is 7.84. The third-order valence-corrected chi connectivity index (χ3v) is 6.11. The fourth-order valence-corrected chi connectivity index (χ4v) is 4.12. The fourth-order valence-electron chi connectivity index (χ4n) is 3.02. The van der Waals surface area contributed by atoms with Crippen LogP contribution in [0.5, 0.6) is 5.75 Å². The third-order valence-electron chi connectivity index (χ3n) is 4.95. The molecule has 2 heterocycles. The van der Waals surface area contributed by atoms with E-state index in [1.54, 1.807) is 45.4 Å². The van der Waals surface area contributed by atoms with Crippen molar-refractivity contribution in [3.8, 4) is 5.75 Å². The van der Waals surface area contributed by atoms with Gasteiger partial charge in [-0.2, -0.15) is 0 Å². The molecule has 1 unspecified atom stereocenters. The third kappa shape index (κ3) is 3.52. The van der Waals surface area contributed by atoms with Crippen LogP contribution in [-0.2, 0) is 26.8 Å². The van der Waals surface area contributed by atoms with Gasteiger partial charge in [-0.1, -0.05) is 6.07 Å². The number of carboxylic acids is 1. The van der Waals surface area contributed by atoms with Crippen molar-refractivity contribution >= 4 is 27.8 Å². The molecule has 8 heteroatoms. The Morgan fingerprint density at radius 2 is 2.04 bits per heavy atom. The van der Waals surface area contributed by atoms with Crippen LogP contribution in [0.25, 0.3) is 11.0 Å². The highest BCUT2D eigenvalue weighted by Gasteiger charge is 2.29. The number of ether oxygens (including phenoxy) is 1. The number of carboxylic acid groups (broad SMARTS) is 1. The van der Waals surface area contributed by atoms with Crippen molar-refractivity contribution in [1.82, 2.24) is 15.0 Å². The summed E-state index contributed by atoms with van der Waals surface area (Å²) in [6.45, 7) is 7.09. The first-order valence-electron chi connectivity index (χ1n) is 8.76. The summed E-state index contributed by atoms with van der Waals surface area (Å²) in [5.41, 5.74) is 3.38. The number of benzene rings is 1. The first-order chi connectivity index (χ1) is 13.1. The van der Waals surface area contributed by atoms with Crippen LogP contribution in [0, 0.1) is 13.8 Å². The predicted molar refractivity (Wildman–Crippen MR) is 107 cm³/mol. The largest absolute Gasteiger partial charge is 0.496 e. The number of aliphatic carboxylic acids is 1. The number of aryl methyl sites for hydroxylation is 1. The van der Waals surface area contributed by atoms with Crippen molar-refractivity contribution in [3.05, 3.63) is 46.8 Å². The van der Waals surface area contributed by atoms with Gasteiger partial charge in [-0.25, -0.2) is 4.98 Å². The van der Waals surface area contributed by atoms with Crippen molar-refractivity contribution in [2.24, 2.45) is 0 Å². The Balaban J connectivity index is 1.92. The molecular weight excluding hydrogens is 378 g/mol. The first-order valence-corrected chi connectivity index (χ1v) is 10.1.